The van der Waals surface area contributed by atoms with Crippen LogP contribution in [0.1, 0.15) is 30.5 Å². The lowest BCUT2D eigenvalue weighted by molar-refractivity contribution is -0.119. The van der Waals surface area contributed by atoms with Crippen molar-refractivity contribution in [3.8, 4) is 11.5 Å². The van der Waals surface area contributed by atoms with Crippen LogP contribution in [0.4, 0.5) is 0 Å². The average molecular weight is 331 g/mol. The van der Waals surface area contributed by atoms with Crippen molar-refractivity contribution in [2.24, 2.45) is 0 Å². The van der Waals surface area contributed by atoms with Crippen LogP contribution in [0.15, 0.2) is 34.6 Å². The molecular formula is C15H17N5O2S. The highest BCUT2D eigenvalue weighted by atomic mass is 32.1. The van der Waals surface area contributed by atoms with Crippen LogP contribution in [0.5, 0.6) is 0 Å². The van der Waals surface area contributed by atoms with Gasteiger partial charge in [-0.05, 0) is 12.1 Å². The normalized spacial score (nSPS) is 12.3. The first-order chi connectivity index (χ1) is 11.1. The molecule has 1 amide bonds. The summed E-state index contributed by atoms with van der Waals surface area (Å²) in [5.74, 6) is 1.58. The maximum absolute atomic E-state index is 10.9. The monoisotopic (exact) mass is 331 g/mol. The lowest BCUT2D eigenvalue weighted by atomic mass is 10.2. The van der Waals surface area contributed by atoms with E-state index in [2.05, 4.69) is 27.3 Å². The zero-order valence-electron chi connectivity index (χ0n) is 12.9. The van der Waals surface area contributed by atoms with Crippen molar-refractivity contribution in [3.05, 3.63) is 40.9 Å². The summed E-state index contributed by atoms with van der Waals surface area (Å²) in [6, 6.07) is 3.72. The van der Waals surface area contributed by atoms with E-state index in [-0.39, 0.29) is 11.8 Å². The van der Waals surface area contributed by atoms with Crippen LogP contribution >= 0.6 is 11.3 Å². The van der Waals surface area contributed by atoms with E-state index in [1.807, 2.05) is 17.5 Å². The van der Waals surface area contributed by atoms with Gasteiger partial charge in [-0.2, -0.15) is 5.10 Å². The fourth-order valence-corrected chi connectivity index (χ4v) is 2.99. The molecule has 120 valence electrons. The maximum Gasteiger partial charge on any atom is 0.217 e. The number of furan rings is 1. The van der Waals surface area contributed by atoms with Gasteiger partial charge in [-0.15, -0.1) is 11.3 Å². The molecule has 0 fully saturated rings. The van der Waals surface area contributed by atoms with Crippen molar-refractivity contribution in [3.63, 3.8) is 0 Å². The van der Waals surface area contributed by atoms with E-state index in [4.69, 9.17) is 4.42 Å². The number of rotatable bonds is 6. The van der Waals surface area contributed by atoms with Gasteiger partial charge in [0.05, 0.1) is 18.1 Å². The Morgan fingerprint density at radius 1 is 1.48 bits per heavy atom. The second-order valence-corrected chi connectivity index (χ2v) is 6.15. The number of amides is 1. The molecule has 0 aliphatic carbocycles. The minimum atomic E-state index is -0.0826. The number of thiazole rings is 1. The summed E-state index contributed by atoms with van der Waals surface area (Å²) in [5.41, 5.74) is 0.810. The summed E-state index contributed by atoms with van der Waals surface area (Å²) in [6.07, 6.45) is 3.23. The summed E-state index contributed by atoms with van der Waals surface area (Å²) >= 11 is 1.60. The second-order valence-electron chi connectivity index (χ2n) is 5.27. The topological polar surface area (TPSA) is 85.8 Å². The second kappa shape index (κ2) is 6.74. The third-order valence-electron chi connectivity index (χ3n) is 3.30. The molecule has 0 aromatic carbocycles. The van der Waals surface area contributed by atoms with Crippen LogP contribution in [0, 0.1) is 0 Å². The van der Waals surface area contributed by atoms with Crippen molar-refractivity contribution in [1.82, 2.24) is 25.1 Å². The molecule has 0 aliphatic heterocycles. The van der Waals surface area contributed by atoms with Crippen LogP contribution in [0.3, 0.4) is 0 Å². The number of nitrogens with one attached hydrogen (secondary N) is 1. The van der Waals surface area contributed by atoms with Crippen molar-refractivity contribution < 1.29 is 9.21 Å². The van der Waals surface area contributed by atoms with Gasteiger partial charge in [0.1, 0.15) is 24.1 Å². The fourth-order valence-electron chi connectivity index (χ4n) is 2.13. The third kappa shape index (κ3) is 3.84. The van der Waals surface area contributed by atoms with Crippen molar-refractivity contribution in [2.45, 2.75) is 32.9 Å². The largest absolute Gasteiger partial charge is 0.458 e. The van der Waals surface area contributed by atoms with Gasteiger partial charge in [0, 0.05) is 18.2 Å². The number of aromatic nitrogens is 4. The molecule has 0 aliphatic rings. The molecule has 7 nitrogen and oxygen atoms in total. The molecule has 1 N–H and O–H groups in total. The standard InChI is InChI=1S/C15H17N5O2S/c1-10(6-20-9-16-8-18-20)15-19-13(7-23-15)14-4-3-12(22-14)5-17-11(2)21/h3-4,7-10H,5-6H2,1-2H3,(H,17,21). The van der Waals surface area contributed by atoms with Crippen LogP contribution in [-0.2, 0) is 17.9 Å². The van der Waals surface area contributed by atoms with Gasteiger partial charge in [0.25, 0.3) is 0 Å². The molecular weight excluding hydrogens is 314 g/mol. The van der Waals surface area contributed by atoms with Gasteiger partial charge >= 0.3 is 0 Å². The Hall–Kier alpha value is -2.48. The predicted octanol–water partition coefficient (Wildman–Crippen LogP) is 2.43. The van der Waals surface area contributed by atoms with E-state index < -0.39 is 0 Å². The van der Waals surface area contributed by atoms with Crippen LogP contribution < -0.4 is 5.32 Å². The summed E-state index contributed by atoms with van der Waals surface area (Å²) in [7, 11) is 0. The van der Waals surface area contributed by atoms with Crippen molar-refractivity contribution in [1.29, 1.82) is 0 Å². The number of carbonyl (C=O) groups is 1. The molecule has 0 saturated carbocycles. The number of nitrogens with zero attached hydrogens (tertiary/aromatic N) is 4. The molecule has 3 heterocycles. The Bertz CT molecular complexity index is 778. The Labute approximate surface area is 137 Å². The van der Waals surface area contributed by atoms with E-state index in [9.17, 15) is 4.79 Å². The lowest BCUT2D eigenvalue weighted by Gasteiger charge is -2.07. The number of hydrogen-bond acceptors (Lipinski definition) is 6. The van der Waals surface area contributed by atoms with E-state index in [0.29, 0.717) is 18.1 Å². The molecule has 1 unspecified atom stereocenters. The molecule has 0 spiro atoms. The molecule has 23 heavy (non-hydrogen) atoms. The molecule has 8 heteroatoms. The summed E-state index contributed by atoms with van der Waals surface area (Å²) < 4.78 is 7.52. The van der Waals surface area contributed by atoms with E-state index in [1.165, 1.54) is 13.3 Å². The van der Waals surface area contributed by atoms with E-state index in [1.54, 1.807) is 22.3 Å². The van der Waals surface area contributed by atoms with E-state index >= 15 is 0 Å². The predicted molar refractivity (Wildman–Crippen MR) is 85.8 cm³/mol. The smallest absolute Gasteiger partial charge is 0.217 e. The lowest BCUT2D eigenvalue weighted by Crippen LogP contribution is -2.18. The van der Waals surface area contributed by atoms with Crippen LogP contribution in [0.25, 0.3) is 11.5 Å². The zero-order chi connectivity index (χ0) is 16.2. The Balaban J connectivity index is 1.67. The van der Waals surface area contributed by atoms with Gasteiger partial charge in [0.2, 0.25) is 5.91 Å². The van der Waals surface area contributed by atoms with Gasteiger partial charge in [-0.1, -0.05) is 6.92 Å². The molecule has 3 aromatic heterocycles. The highest BCUT2D eigenvalue weighted by Gasteiger charge is 2.14. The van der Waals surface area contributed by atoms with Gasteiger partial charge in [-0.25, -0.2) is 9.97 Å². The SMILES string of the molecule is CC(=O)NCc1ccc(-c2csc(C(C)Cn3cncn3)n2)o1. The number of carbonyl (C=O) groups excluding carboxylic acids is 1. The minimum absolute atomic E-state index is 0.0826. The van der Waals surface area contributed by atoms with Crippen LogP contribution in [0.2, 0.25) is 0 Å². The van der Waals surface area contributed by atoms with E-state index in [0.717, 1.165) is 17.2 Å². The molecule has 0 saturated heterocycles. The fraction of sp³-hybridized carbons (Fsp3) is 0.333. The van der Waals surface area contributed by atoms with Crippen molar-refractivity contribution in [2.75, 3.05) is 0 Å². The highest BCUT2D eigenvalue weighted by molar-refractivity contribution is 7.10. The molecule has 3 aromatic rings. The van der Waals surface area contributed by atoms with Crippen molar-refractivity contribution >= 4 is 17.2 Å². The van der Waals surface area contributed by atoms with Gasteiger partial charge in [-0.3, -0.25) is 9.48 Å². The summed E-state index contributed by atoms with van der Waals surface area (Å²) in [5, 5.41) is 9.83. The first kappa shape index (κ1) is 15.4. The maximum atomic E-state index is 10.9. The average Bonchev–Trinajstić information content (AvgIpc) is 3.25. The molecule has 0 radical (unpaired) electrons. The first-order valence-corrected chi connectivity index (χ1v) is 8.11. The minimum Gasteiger partial charge on any atom is -0.458 e. The Morgan fingerprint density at radius 2 is 2.35 bits per heavy atom. The first-order valence-electron chi connectivity index (χ1n) is 7.23. The number of hydrogen-bond donors (Lipinski definition) is 1. The highest BCUT2D eigenvalue weighted by Crippen LogP contribution is 2.28. The quantitative estimate of drug-likeness (QED) is 0.750. The van der Waals surface area contributed by atoms with Crippen LogP contribution in [-0.4, -0.2) is 25.7 Å². The summed E-state index contributed by atoms with van der Waals surface area (Å²) in [4.78, 5) is 19.5. The molecule has 0 bridgehead atoms. The van der Waals surface area contributed by atoms with Gasteiger partial charge < -0.3 is 9.73 Å². The zero-order valence-corrected chi connectivity index (χ0v) is 13.7. The molecule has 3 rings (SSSR count). The summed E-state index contributed by atoms with van der Waals surface area (Å²) in [6.45, 7) is 4.70. The molecule has 1 atom stereocenters. The Kier molecular flexibility index (Phi) is 4.52. The third-order valence-corrected chi connectivity index (χ3v) is 4.37. The Morgan fingerprint density at radius 3 is 3.09 bits per heavy atom. The van der Waals surface area contributed by atoms with Gasteiger partial charge in [0.15, 0.2) is 5.76 Å².